The summed E-state index contributed by atoms with van der Waals surface area (Å²) >= 11 is 3.46. The molecular weight excluding hydrogens is 216 g/mol. The van der Waals surface area contributed by atoms with E-state index in [-0.39, 0.29) is 5.01 Å². The van der Waals surface area contributed by atoms with Gasteiger partial charge in [0.2, 0.25) is 0 Å². The molecular formula is C10H13BrO. The molecule has 0 radical (unpaired) electrons. The minimum absolute atomic E-state index is 0.0971. The third-order valence-electron chi connectivity index (χ3n) is 1.94. The summed E-state index contributed by atoms with van der Waals surface area (Å²) in [6.45, 7) is 2.14. The van der Waals surface area contributed by atoms with Crippen molar-refractivity contribution in [2.75, 3.05) is 7.11 Å². The van der Waals surface area contributed by atoms with Crippen LogP contribution in [0.4, 0.5) is 0 Å². The molecule has 0 bridgehead atoms. The highest BCUT2D eigenvalue weighted by Gasteiger charge is 2.13. The molecule has 0 spiro atoms. The van der Waals surface area contributed by atoms with Gasteiger partial charge in [0.15, 0.2) is 0 Å². The molecule has 2 heteroatoms. The number of ether oxygens (including phenoxy) is 1. The van der Waals surface area contributed by atoms with E-state index in [1.165, 1.54) is 5.56 Å². The molecule has 0 aliphatic heterocycles. The van der Waals surface area contributed by atoms with Crippen molar-refractivity contribution in [2.45, 2.75) is 17.9 Å². The average molecular weight is 229 g/mol. The summed E-state index contributed by atoms with van der Waals surface area (Å²) in [4.78, 5) is 0. The third kappa shape index (κ3) is 2.32. The SMILES string of the molecule is COC(Br)C(C)c1ccccc1. The van der Waals surface area contributed by atoms with Crippen molar-refractivity contribution in [3.8, 4) is 0 Å². The van der Waals surface area contributed by atoms with E-state index in [0.717, 1.165) is 0 Å². The topological polar surface area (TPSA) is 9.23 Å². The fourth-order valence-electron chi connectivity index (χ4n) is 1.11. The Morgan fingerprint density at radius 3 is 2.33 bits per heavy atom. The molecule has 0 saturated heterocycles. The normalized spacial score (nSPS) is 15.6. The first kappa shape index (κ1) is 9.75. The Balaban J connectivity index is 2.71. The number of methoxy groups -OCH3 is 1. The van der Waals surface area contributed by atoms with Gasteiger partial charge in [-0.1, -0.05) is 53.2 Å². The first-order valence-electron chi connectivity index (χ1n) is 3.97. The second kappa shape index (κ2) is 4.63. The quantitative estimate of drug-likeness (QED) is 0.723. The zero-order chi connectivity index (χ0) is 8.97. The molecule has 0 fully saturated rings. The maximum absolute atomic E-state index is 5.18. The Labute approximate surface area is 81.9 Å². The predicted octanol–water partition coefficient (Wildman–Crippen LogP) is 3.16. The number of rotatable bonds is 3. The van der Waals surface area contributed by atoms with E-state index in [9.17, 15) is 0 Å². The number of hydrogen-bond donors (Lipinski definition) is 0. The van der Waals surface area contributed by atoms with Crippen LogP contribution in [0.3, 0.4) is 0 Å². The molecule has 1 aromatic rings. The Kier molecular flexibility index (Phi) is 3.76. The summed E-state index contributed by atoms with van der Waals surface area (Å²) < 4.78 is 5.18. The third-order valence-corrected chi connectivity index (χ3v) is 3.11. The van der Waals surface area contributed by atoms with E-state index < -0.39 is 0 Å². The lowest BCUT2D eigenvalue weighted by Crippen LogP contribution is -2.10. The summed E-state index contributed by atoms with van der Waals surface area (Å²) in [5.74, 6) is 0.385. The molecule has 2 unspecified atom stereocenters. The molecule has 66 valence electrons. The van der Waals surface area contributed by atoms with Crippen molar-refractivity contribution >= 4 is 15.9 Å². The van der Waals surface area contributed by atoms with Gasteiger partial charge in [0.1, 0.15) is 5.01 Å². The second-order valence-corrected chi connectivity index (χ2v) is 3.69. The van der Waals surface area contributed by atoms with Crippen molar-refractivity contribution in [1.29, 1.82) is 0 Å². The summed E-state index contributed by atoms with van der Waals surface area (Å²) in [5, 5.41) is 0.0971. The second-order valence-electron chi connectivity index (χ2n) is 2.79. The van der Waals surface area contributed by atoms with Crippen LogP contribution in [0.25, 0.3) is 0 Å². The van der Waals surface area contributed by atoms with Crippen molar-refractivity contribution < 1.29 is 4.74 Å². The van der Waals surface area contributed by atoms with Crippen LogP contribution >= 0.6 is 15.9 Å². The van der Waals surface area contributed by atoms with Gasteiger partial charge in [-0.15, -0.1) is 0 Å². The van der Waals surface area contributed by atoms with Crippen LogP contribution in [0.2, 0.25) is 0 Å². The monoisotopic (exact) mass is 228 g/mol. The summed E-state index contributed by atoms with van der Waals surface area (Å²) in [7, 11) is 1.71. The Bertz CT molecular complexity index is 223. The highest BCUT2D eigenvalue weighted by atomic mass is 79.9. The van der Waals surface area contributed by atoms with E-state index in [1.807, 2.05) is 18.2 Å². The van der Waals surface area contributed by atoms with Gasteiger partial charge in [-0.2, -0.15) is 0 Å². The van der Waals surface area contributed by atoms with Crippen LogP contribution in [0, 0.1) is 0 Å². The van der Waals surface area contributed by atoms with Crippen LogP contribution in [0.1, 0.15) is 18.4 Å². The van der Waals surface area contributed by atoms with Gasteiger partial charge in [-0.25, -0.2) is 0 Å². The molecule has 1 aromatic carbocycles. The van der Waals surface area contributed by atoms with Gasteiger partial charge in [0.05, 0.1) is 0 Å². The van der Waals surface area contributed by atoms with Crippen LogP contribution in [-0.2, 0) is 4.74 Å². The first-order valence-corrected chi connectivity index (χ1v) is 4.89. The number of hydrogen-bond acceptors (Lipinski definition) is 1. The van der Waals surface area contributed by atoms with Crippen molar-refractivity contribution in [3.63, 3.8) is 0 Å². The predicted molar refractivity (Wildman–Crippen MR) is 54.6 cm³/mol. The average Bonchev–Trinajstić information content (AvgIpc) is 2.17. The maximum atomic E-state index is 5.18. The maximum Gasteiger partial charge on any atom is 0.118 e. The molecule has 1 nitrogen and oxygen atoms in total. The molecule has 12 heavy (non-hydrogen) atoms. The van der Waals surface area contributed by atoms with Gasteiger partial charge in [-0.3, -0.25) is 0 Å². The van der Waals surface area contributed by atoms with Crippen LogP contribution in [0.15, 0.2) is 30.3 Å². The number of halogens is 1. The van der Waals surface area contributed by atoms with E-state index in [4.69, 9.17) is 4.74 Å². The van der Waals surface area contributed by atoms with Gasteiger partial charge in [-0.05, 0) is 5.56 Å². The standard InChI is InChI=1S/C10H13BrO/c1-8(10(11)12-2)9-6-4-3-5-7-9/h3-8,10H,1-2H3. The minimum atomic E-state index is 0.0971. The Morgan fingerprint density at radius 2 is 1.83 bits per heavy atom. The molecule has 1 rings (SSSR count). The van der Waals surface area contributed by atoms with E-state index in [2.05, 4.69) is 35.0 Å². The van der Waals surface area contributed by atoms with Crippen molar-refractivity contribution in [2.24, 2.45) is 0 Å². The van der Waals surface area contributed by atoms with Gasteiger partial charge in [0.25, 0.3) is 0 Å². The fourth-order valence-corrected chi connectivity index (χ4v) is 1.42. The molecule has 0 N–H and O–H groups in total. The van der Waals surface area contributed by atoms with Crippen molar-refractivity contribution in [3.05, 3.63) is 35.9 Å². The largest absolute Gasteiger partial charge is 0.370 e. The lowest BCUT2D eigenvalue weighted by Gasteiger charge is -2.16. The zero-order valence-corrected chi connectivity index (χ0v) is 8.91. The number of alkyl halides is 1. The summed E-state index contributed by atoms with van der Waals surface area (Å²) in [5.41, 5.74) is 1.29. The fraction of sp³-hybridized carbons (Fsp3) is 0.400. The molecule has 2 atom stereocenters. The smallest absolute Gasteiger partial charge is 0.118 e. The van der Waals surface area contributed by atoms with Gasteiger partial charge < -0.3 is 4.74 Å². The van der Waals surface area contributed by atoms with E-state index in [1.54, 1.807) is 7.11 Å². The highest BCUT2D eigenvalue weighted by Crippen LogP contribution is 2.24. The zero-order valence-electron chi connectivity index (χ0n) is 7.33. The first-order chi connectivity index (χ1) is 5.75. The Hall–Kier alpha value is -0.340. The van der Waals surface area contributed by atoms with Crippen LogP contribution < -0.4 is 0 Å². The van der Waals surface area contributed by atoms with Gasteiger partial charge in [0, 0.05) is 13.0 Å². The molecule has 0 aliphatic rings. The molecule has 0 aromatic heterocycles. The number of benzene rings is 1. The summed E-state index contributed by atoms with van der Waals surface area (Å²) in [6, 6.07) is 10.3. The van der Waals surface area contributed by atoms with Crippen LogP contribution in [0.5, 0.6) is 0 Å². The molecule has 0 aliphatic carbocycles. The van der Waals surface area contributed by atoms with E-state index in [0.29, 0.717) is 5.92 Å². The molecule has 0 amide bonds. The van der Waals surface area contributed by atoms with E-state index >= 15 is 0 Å². The molecule has 0 heterocycles. The Morgan fingerprint density at radius 1 is 1.25 bits per heavy atom. The molecule has 0 saturated carbocycles. The van der Waals surface area contributed by atoms with Crippen molar-refractivity contribution in [1.82, 2.24) is 0 Å². The lowest BCUT2D eigenvalue weighted by atomic mass is 10.0. The summed E-state index contributed by atoms with van der Waals surface area (Å²) in [6.07, 6.45) is 0. The lowest BCUT2D eigenvalue weighted by molar-refractivity contribution is 0.160. The van der Waals surface area contributed by atoms with Gasteiger partial charge >= 0.3 is 0 Å². The highest BCUT2D eigenvalue weighted by molar-refractivity contribution is 9.09. The minimum Gasteiger partial charge on any atom is -0.370 e. The van der Waals surface area contributed by atoms with Crippen LogP contribution in [-0.4, -0.2) is 12.1 Å².